The number of carbonyl (C=O) groups excluding carboxylic acids is 1. The SMILES string of the molecule is Cc1cc(C)cc(OCCCn2c(C(C)NC(=O)c3ccccc3Cl)nc3ccccc32)c1. The van der Waals surface area contributed by atoms with Gasteiger partial charge in [-0.2, -0.15) is 0 Å². The van der Waals surface area contributed by atoms with Crippen molar-refractivity contribution in [2.24, 2.45) is 0 Å². The molecule has 0 saturated carbocycles. The monoisotopic (exact) mass is 461 g/mol. The van der Waals surface area contributed by atoms with Gasteiger partial charge in [-0.3, -0.25) is 4.79 Å². The predicted molar refractivity (Wildman–Crippen MR) is 133 cm³/mol. The molecule has 0 aliphatic heterocycles. The summed E-state index contributed by atoms with van der Waals surface area (Å²) in [5.41, 5.74) is 4.78. The van der Waals surface area contributed by atoms with Crippen molar-refractivity contribution >= 4 is 28.5 Å². The zero-order valence-electron chi connectivity index (χ0n) is 19.1. The fourth-order valence-corrected chi connectivity index (χ4v) is 4.29. The maximum Gasteiger partial charge on any atom is 0.253 e. The van der Waals surface area contributed by atoms with Crippen LogP contribution in [0.15, 0.2) is 66.7 Å². The van der Waals surface area contributed by atoms with Gasteiger partial charge in [-0.25, -0.2) is 4.98 Å². The minimum absolute atomic E-state index is 0.218. The van der Waals surface area contributed by atoms with Gasteiger partial charge in [0.15, 0.2) is 0 Å². The van der Waals surface area contributed by atoms with Crippen LogP contribution in [0.5, 0.6) is 5.75 Å². The number of para-hydroxylation sites is 2. The largest absolute Gasteiger partial charge is 0.494 e. The summed E-state index contributed by atoms with van der Waals surface area (Å²) in [5.74, 6) is 1.48. The van der Waals surface area contributed by atoms with Crippen molar-refractivity contribution in [3.8, 4) is 5.75 Å². The zero-order valence-corrected chi connectivity index (χ0v) is 19.9. The minimum Gasteiger partial charge on any atom is -0.494 e. The molecule has 1 amide bonds. The number of nitrogens with one attached hydrogen (secondary N) is 1. The smallest absolute Gasteiger partial charge is 0.253 e. The highest BCUT2D eigenvalue weighted by atomic mass is 35.5. The summed E-state index contributed by atoms with van der Waals surface area (Å²) in [4.78, 5) is 17.6. The molecule has 1 atom stereocenters. The van der Waals surface area contributed by atoms with Crippen molar-refractivity contribution in [3.05, 3.63) is 94.3 Å². The molecule has 4 rings (SSSR count). The van der Waals surface area contributed by atoms with Crippen LogP contribution >= 0.6 is 11.6 Å². The fourth-order valence-electron chi connectivity index (χ4n) is 4.07. The van der Waals surface area contributed by atoms with Crippen LogP contribution in [0, 0.1) is 13.8 Å². The van der Waals surface area contributed by atoms with Crippen LogP contribution in [0.4, 0.5) is 0 Å². The third-order valence-corrected chi connectivity index (χ3v) is 5.86. The van der Waals surface area contributed by atoms with Crippen LogP contribution < -0.4 is 10.1 Å². The van der Waals surface area contributed by atoms with Crippen molar-refractivity contribution < 1.29 is 9.53 Å². The van der Waals surface area contributed by atoms with Crippen molar-refractivity contribution in [3.63, 3.8) is 0 Å². The Morgan fingerprint density at radius 2 is 1.76 bits per heavy atom. The minimum atomic E-state index is -0.290. The van der Waals surface area contributed by atoms with Crippen LogP contribution in [-0.2, 0) is 6.54 Å². The molecule has 1 heterocycles. The molecule has 5 nitrogen and oxygen atoms in total. The number of ether oxygens (including phenoxy) is 1. The molecule has 0 spiro atoms. The fraction of sp³-hybridized carbons (Fsp3) is 0.259. The molecule has 0 fully saturated rings. The Bertz CT molecular complexity index is 1260. The molecule has 6 heteroatoms. The highest BCUT2D eigenvalue weighted by molar-refractivity contribution is 6.33. The molecule has 1 N–H and O–H groups in total. The Labute approximate surface area is 199 Å². The van der Waals surface area contributed by atoms with E-state index in [1.807, 2.05) is 31.2 Å². The zero-order chi connectivity index (χ0) is 23.4. The predicted octanol–water partition coefficient (Wildman–Crippen LogP) is 6.27. The van der Waals surface area contributed by atoms with E-state index < -0.39 is 0 Å². The van der Waals surface area contributed by atoms with E-state index in [9.17, 15) is 4.79 Å². The number of carbonyl (C=O) groups is 1. The van der Waals surface area contributed by atoms with Gasteiger partial charge in [0.05, 0.1) is 34.3 Å². The number of hydrogen-bond acceptors (Lipinski definition) is 3. The van der Waals surface area contributed by atoms with E-state index in [1.54, 1.807) is 18.2 Å². The first kappa shape index (κ1) is 22.9. The third-order valence-electron chi connectivity index (χ3n) is 5.53. The van der Waals surface area contributed by atoms with Crippen molar-refractivity contribution in [2.75, 3.05) is 6.61 Å². The van der Waals surface area contributed by atoms with Crippen LogP contribution in [0.2, 0.25) is 5.02 Å². The molecule has 0 aliphatic carbocycles. The first-order valence-electron chi connectivity index (χ1n) is 11.1. The van der Waals surface area contributed by atoms with E-state index in [-0.39, 0.29) is 11.9 Å². The molecule has 170 valence electrons. The molecular weight excluding hydrogens is 434 g/mol. The summed E-state index contributed by atoms with van der Waals surface area (Å²) in [6.45, 7) is 7.41. The van der Waals surface area contributed by atoms with E-state index in [1.165, 1.54) is 11.1 Å². The normalized spacial score (nSPS) is 12.0. The summed E-state index contributed by atoms with van der Waals surface area (Å²) in [7, 11) is 0. The number of fused-ring (bicyclic) bond motifs is 1. The van der Waals surface area contributed by atoms with E-state index in [0.717, 1.165) is 35.6 Å². The van der Waals surface area contributed by atoms with Crippen LogP contribution in [0.3, 0.4) is 0 Å². The van der Waals surface area contributed by atoms with Gasteiger partial charge in [-0.05, 0) is 74.7 Å². The standard InChI is InChI=1S/C27H28ClN3O2/c1-18-15-19(2)17-21(16-18)33-14-8-13-31-25-12-7-6-11-24(25)30-26(31)20(3)29-27(32)22-9-4-5-10-23(22)28/h4-7,9-12,15-17,20H,8,13-14H2,1-3H3,(H,29,32). The van der Waals surface area contributed by atoms with Gasteiger partial charge in [0.25, 0.3) is 5.91 Å². The molecule has 0 bridgehead atoms. The summed E-state index contributed by atoms with van der Waals surface area (Å²) >= 11 is 6.20. The summed E-state index contributed by atoms with van der Waals surface area (Å²) in [5, 5.41) is 3.48. The van der Waals surface area contributed by atoms with Gasteiger partial charge >= 0.3 is 0 Å². The molecule has 3 aromatic carbocycles. The molecule has 0 saturated heterocycles. The van der Waals surface area contributed by atoms with Crippen LogP contribution in [0.1, 0.15) is 46.7 Å². The molecule has 1 unspecified atom stereocenters. The number of imidazole rings is 1. The van der Waals surface area contributed by atoms with Crippen molar-refractivity contribution in [2.45, 2.75) is 39.8 Å². The Morgan fingerprint density at radius 1 is 1.06 bits per heavy atom. The Hall–Kier alpha value is -3.31. The maximum atomic E-state index is 12.8. The van der Waals surface area contributed by atoms with Gasteiger partial charge in [0, 0.05) is 6.54 Å². The second-order valence-corrected chi connectivity index (χ2v) is 8.72. The number of aryl methyl sites for hydroxylation is 3. The first-order chi connectivity index (χ1) is 15.9. The molecule has 0 radical (unpaired) electrons. The second kappa shape index (κ2) is 10.1. The highest BCUT2D eigenvalue weighted by Crippen LogP contribution is 2.23. The van der Waals surface area contributed by atoms with Crippen LogP contribution in [-0.4, -0.2) is 22.1 Å². The molecular formula is C27H28ClN3O2. The molecule has 1 aromatic heterocycles. The lowest BCUT2D eigenvalue weighted by atomic mass is 10.1. The Morgan fingerprint density at radius 3 is 2.52 bits per heavy atom. The Kier molecular flexibility index (Phi) is 6.99. The number of hydrogen-bond donors (Lipinski definition) is 1. The van der Waals surface area contributed by atoms with Gasteiger partial charge < -0.3 is 14.6 Å². The van der Waals surface area contributed by atoms with Gasteiger partial charge in [-0.15, -0.1) is 0 Å². The molecule has 33 heavy (non-hydrogen) atoms. The van der Waals surface area contributed by atoms with Crippen LogP contribution in [0.25, 0.3) is 11.0 Å². The molecule has 0 aliphatic rings. The van der Waals surface area contributed by atoms with Gasteiger partial charge in [0.2, 0.25) is 0 Å². The van der Waals surface area contributed by atoms with Gasteiger partial charge in [0.1, 0.15) is 11.6 Å². The van der Waals surface area contributed by atoms with E-state index in [0.29, 0.717) is 17.2 Å². The summed E-state index contributed by atoms with van der Waals surface area (Å²) in [6.07, 6.45) is 0.811. The molecule has 4 aromatic rings. The highest BCUT2D eigenvalue weighted by Gasteiger charge is 2.20. The van der Waals surface area contributed by atoms with E-state index in [2.05, 4.69) is 48.0 Å². The average Bonchev–Trinajstić information content (AvgIpc) is 3.15. The summed E-state index contributed by atoms with van der Waals surface area (Å²) in [6, 6.07) is 21.0. The maximum absolute atomic E-state index is 12.8. The second-order valence-electron chi connectivity index (χ2n) is 8.31. The lowest BCUT2D eigenvalue weighted by Gasteiger charge is -2.17. The number of amides is 1. The number of aromatic nitrogens is 2. The van der Waals surface area contributed by atoms with Gasteiger partial charge in [-0.1, -0.05) is 41.9 Å². The number of rotatable bonds is 8. The van der Waals surface area contributed by atoms with E-state index in [4.69, 9.17) is 21.3 Å². The Balaban J connectivity index is 1.49. The number of benzene rings is 3. The topological polar surface area (TPSA) is 56.1 Å². The van der Waals surface area contributed by atoms with Crippen molar-refractivity contribution in [1.82, 2.24) is 14.9 Å². The number of halogens is 1. The van der Waals surface area contributed by atoms with Crippen molar-refractivity contribution in [1.29, 1.82) is 0 Å². The third kappa shape index (κ3) is 5.37. The lowest BCUT2D eigenvalue weighted by Crippen LogP contribution is -2.29. The summed E-state index contributed by atoms with van der Waals surface area (Å²) < 4.78 is 8.16. The number of nitrogens with zero attached hydrogens (tertiary/aromatic N) is 2. The lowest BCUT2D eigenvalue weighted by molar-refractivity contribution is 0.0937. The first-order valence-corrected chi connectivity index (χ1v) is 11.5. The quantitative estimate of drug-likeness (QED) is 0.315. The van der Waals surface area contributed by atoms with E-state index >= 15 is 0 Å². The average molecular weight is 462 g/mol.